The fourth-order valence-corrected chi connectivity index (χ4v) is 2.30. The first-order valence-corrected chi connectivity index (χ1v) is 7.48. The van der Waals surface area contributed by atoms with Crippen molar-refractivity contribution in [3.63, 3.8) is 0 Å². The van der Waals surface area contributed by atoms with Crippen molar-refractivity contribution in [2.45, 2.75) is 33.1 Å². The van der Waals surface area contributed by atoms with Gasteiger partial charge >= 0.3 is 0 Å². The third-order valence-electron chi connectivity index (χ3n) is 3.00. The van der Waals surface area contributed by atoms with E-state index >= 15 is 0 Å². The Morgan fingerprint density at radius 2 is 1.76 bits per heavy atom. The molecule has 112 valence electrons. The molecule has 1 heterocycles. The summed E-state index contributed by atoms with van der Waals surface area (Å²) in [7, 11) is 0. The molecule has 1 aromatic carbocycles. The summed E-state index contributed by atoms with van der Waals surface area (Å²) in [5, 5.41) is 3.32. The molecule has 4 N–H and O–H groups in total. The number of nitrogen functional groups attached to an aromatic ring is 1. The van der Waals surface area contributed by atoms with Gasteiger partial charge in [0.15, 0.2) is 0 Å². The van der Waals surface area contributed by atoms with Gasteiger partial charge in [-0.15, -0.1) is 0 Å². The second-order valence-electron chi connectivity index (χ2n) is 5.94. The van der Waals surface area contributed by atoms with Gasteiger partial charge in [-0.1, -0.05) is 36.7 Å². The standard InChI is InChI=1S/C15H20BrN5/c1-9-7-10(16)5-6-11(9)18-12-8-13(21-17)20-14(19-12)15(2,3)4/h5-8H,17H2,1-4H3,(H2,18,19,20,21). The Morgan fingerprint density at radius 1 is 1.10 bits per heavy atom. The number of aromatic nitrogens is 2. The number of nitrogens with zero attached hydrogens (tertiary/aromatic N) is 2. The average Bonchev–Trinajstić information content (AvgIpc) is 2.40. The Morgan fingerprint density at radius 3 is 2.33 bits per heavy atom. The van der Waals surface area contributed by atoms with Crippen LogP contribution in [0.5, 0.6) is 0 Å². The monoisotopic (exact) mass is 349 g/mol. The lowest BCUT2D eigenvalue weighted by Gasteiger charge is -2.19. The normalized spacial score (nSPS) is 11.3. The first-order chi connectivity index (χ1) is 9.79. The van der Waals surface area contributed by atoms with Gasteiger partial charge in [0.25, 0.3) is 0 Å². The van der Waals surface area contributed by atoms with Gasteiger partial charge in [0.05, 0.1) is 0 Å². The van der Waals surface area contributed by atoms with Crippen molar-refractivity contribution in [1.29, 1.82) is 0 Å². The van der Waals surface area contributed by atoms with Crippen LogP contribution in [0.1, 0.15) is 32.2 Å². The van der Waals surface area contributed by atoms with Gasteiger partial charge in [0, 0.05) is 21.6 Å². The van der Waals surface area contributed by atoms with Gasteiger partial charge < -0.3 is 10.7 Å². The van der Waals surface area contributed by atoms with E-state index in [-0.39, 0.29) is 5.41 Å². The zero-order valence-corrected chi connectivity index (χ0v) is 14.2. The Kier molecular flexibility index (Phi) is 4.49. The highest BCUT2D eigenvalue weighted by molar-refractivity contribution is 9.10. The molecule has 0 radical (unpaired) electrons. The van der Waals surface area contributed by atoms with Crippen LogP contribution in [0.25, 0.3) is 0 Å². The quantitative estimate of drug-likeness (QED) is 0.579. The lowest BCUT2D eigenvalue weighted by molar-refractivity contribution is 0.547. The van der Waals surface area contributed by atoms with Crippen molar-refractivity contribution in [3.8, 4) is 0 Å². The van der Waals surface area contributed by atoms with Crippen LogP contribution in [-0.4, -0.2) is 9.97 Å². The molecule has 0 saturated heterocycles. The molecule has 0 aliphatic rings. The SMILES string of the molecule is Cc1cc(Br)ccc1Nc1cc(NN)nc(C(C)(C)C)n1. The van der Waals surface area contributed by atoms with Crippen LogP contribution in [0.2, 0.25) is 0 Å². The van der Waals surface area contributed by atoms with Crippen LogP contribution in [0, 0.1) is 6.92 Å². The molecular formula is C15H20BrN5. The van der Waals surface area contributed by atoms with Crippen LogP contribution in [0.3, 0.4) is 0 Å². The number of aryl methyl sites for hydroxylation is 1. The van der Waals surface area contributed by atoms with E-state index in [1.54, 1.807) is 6.07 Å². The number of benzene rings is 1. The second-order valence-corrected chi connectivity index (χ2v) is 6.86. The molecule has 2 rings (SSSR count). The molecule has 5 nitrogen and oxygen atoms in total. The molecule has 0 aliphatic heterocycles. The average molecular weight is 350 g/mol. The van der Waals surface area contributed by atoms with E-state index < -0.39 is 0 Å². The first-order valence-electron chi connectivity index (χ1n) is 6.69. The van der Waals surface area contributed by atoms with Crippen molar-refractivity contribution in [2.24, 2.45) is 5.84 Å². The maximum atomic E-state index is 5.50. The number of nitrogens with two attached hydrogens (primary N) is 1. The molecule has 0 saturated carbocycles. The number of nitrogens with one attached hydrogen (secondary N) is 2. The van der Waals surface area contributed by atoms with Crippen LogP contribution >= 0.6 is 15.9 Å². The van der Waals surface area contributed by atoms with Crippen molar-refractivity contribution in [2.75, 3.05) is 10.7 Å². The smallest absolute Gasteiger partial charge is 0.145 e. The summed E-state index contributed by atoms with van der Waals surface area (Å²) in [6.45, 7) is 8.24. The summed E-state index contributed by atoms with van der Waals surface area (Å²) in [6.07, 6.45) is 0. The van der Waals surface area contributed by atoms with Crippen LogP contribution in [0.15, 0.2) is 28.7 Å². The van der Waals surface area contributed by atoms with E-state index in [0.717, 1.165) is 21.5 Å². The molecule has 0 atom stereocenters. The Balaban J connectivity index is 2.39. The number of hydrazine groups is 1. The van der Waals surface area contributed by atoms with E-state index in [0.29, 0.717) is 11.6 Å². The summed E-state index contributed by atoms with van der Waals surface area (Å²) in [4.78, 5) is 8.99. The maximum Gasteiger partial charge on any atom is 0.145 e. The fourth-order valence-electron chi connectivity index (χ4n) is 1.83. The first kappa shape index (κ1) is 15.7. The topological polar surface area (TPSA) is 75.9 Å². The van der Waals surface area contributed by atoms with Gasteiger partial charge in [0.1, 0.15) is 17.5 Å². The maximum absolute atomic E-state index is 5.50. The summed E-state index contributed by atoms with van der Waals surface area (Å²) in [6, 6.07) is 7.84. The van der Waals surface area contributed by atoms with Crippen molar-refractivity contribution in [1.82, 2.24) is 9.97 Å². The second kappa shape index (κ2) is 5.99. The van der Waals surface area contributed by atoms with Gasteiger partial charge in [-0.3, -0.25) is 0 Å². The molecule has 21 heavy (non-hydrogen) atoms. The zero-order valence-electron chi connectivity index (χ0n) is 12.7. The zero-order chi connectivity index (χ0) is 15.6. The predicted octanol–water partition coefficient (Wildman–Crippen LogP) is 3.87. The third kappa shape index (κ3) is 3.92. The van der Waals surface area contributed by atoms with E-state index in [2.05, 4.69) is 63.5 Å². The lowest BCUT2D eigenvalue weighted by atomic mass is 9.96. The molecule has 2 aromatic rings. The van der Waals surface area contributed by atoms with Crippen molar-refractivity contribution in [3.05, 3.63) is 40.1 Å². The van der Waals surface area contributed by atoms with Crippen LogP contribution in [-0.2, 0) is 5.41 Å². The Bertz CT molecular complexity index is 649. The van der Waals surface area contributed by atoms with Gasteiger partial charge in [0.2, 0.25) is 0 Å². The number of halogens is 1. The van der Waals surface area contributed by atoms with E-state index in [1.165, 1.54) is 0 Å². The summed E-state index contributed by atoms with van der Waals surface area (Å²) >= 11 is 3.46. The molecule has 0 spiro atoms. The highest BCUT2D eigenvalue weighted by Gasteiger charge is 2.19. The predicted molar refractivity (Wildman–Crippen MR) is 90.7 cm³/mol. The minimum atomic E-state index is -0.155. The van der Waals surface area contributed by atoms with E-state index in [9.17, 15) is 0 Å². The molecule has 6 heteroatoms. The molecule has 0 unspecified atom stereocenters. The van der Waals surface area contributed by atoms with Crippen molar-refractivity contribution >= 4 is 33.3 Å². The van der Waals surface area contributed by atoms with Gasteiger partial charge in [-0.25, -0.2) is 15.8 Å². The molecular weight excluding hydrogens is 330 g/mol. The van der Waals surface area contributed by atoms with Crippen LogP contribution < -0.4 is 16.6 Å². The number of hydrogen-bond acceptors (Lipinski definition) is 5. The molecule has 1 aromatic heterocycles. The Hall–Kier alpha value is -1.66. The number of rotatable bonds is 3. The lowest BCUT2D eigenvalue weighted by Crippen LogP contribution is -2.19. The third-order valence-corrected chi connectivity index (χ3v) is 3.49. The fraction of sp³-hybridized carbons (Fsp3) is 0.333. The van der Waals surface area contributed by atoms with Gasteiger partial charge in [-0.05, 0) is 30.7 Å². The van der Waals surface area contributed by atoms with Crippen molar-refractivity contribution < 1.29 is 0 Å². The highest BCUT2D eigenvalue weighted by atomic mass is 79.9. The van der Waals surface area contributed by atoms with Crippen LogP contribution in [0.4, 0.5) is 17.3 Å². The van der Waals surface area contributed by atoms with E-state index in [4.69, 9.17) is 5.84 Å². The molecule has 0 amide bonds. The number of hydrogen-bond donors (Lipinski definition) is 3. The minimum Gasteiger partial charge on any atom is -0.340 e. The molecule has 0 aliphatic carbocycles. The van der Waals surface area contributed by atoms with E-state index in [1.807, 2.05) is 19.1 Å². The van der Waals surface area contributed by atoms with Gasteiger partial charge in [-0.2, -0.15) is 0 Å². The molecule has 0 bridgehead atoms. The number of anilines is 3. The summed E-state index contributed by atoms with van der Waals surface area (Å²) < 4.78 is 1.05. The minimum absolute atomic E-state index is 0.155. The summed E-state index contributed by atoms with van der Waals surface area (Å²) in [5.74, 6) is 7.54. The summed E-state index contributed by atoms with van der Waals surface area (Å²) in [5.41, 5.74) is 4.56. The largest absolute Gasteiger partial charge is 0.340 e. The molecule has 0 fully saturated rings. The highest BCUT2D eigenvalue weighted by Crippen LogP contribution is 2.26. The Labute approximate surface area is 133 Å².